The number of carbonyl (C=O) groups excluding carboxylic acids is 3. The molecule has 2 heterocycles. The van der Waals surface area contributed by atoms with Crippen LogP contribution in [0.3, 0.4) is 0 Å². The predicted molar refractivity (Wildman–Crippen MR) is 72.8 cm³/mol. The van der Waals surface area contributed by atoms with Crippen molar-refractivity contribution in [2.75, 3.05) is 25.4 Å². The quantitative estimate of drug-likeness (QED) is 0.671. The van der Waals surface area contributed by atoms with Gasteiger partial charge in [-0.25, -0.2) is 0 Å². The number of hydrogen-bond donors (Lipinski definition) is 2. The van der Waals surface area contributed by atoms with Crippen LogP contribution in [0.2, 0.25) is 0 Å². The van der Waals surface area contributed by atoms with Crippen molar-refractivity contribution in [3.05, 3.63) is 0 Å². The lowest BCUT2D eigenvalue weighted by Crippen LogP contribution is -2.57. The Labute approximate surface area is 117 Å². The van der Waals surface area contributed by atoms with Crippen molar-refractivity contribution in [2.45, 2.75) is 31.8 Å². The topological polar surface area (TPSA) is 69.7 Å². The lowest BCUT2D eigenvalue weighted by Gasteiger charge is -2.38. The molecule has 0 spiro atoms. The highest BCUT2D eigenvalue weighted by atomic mass is 32.1. The van der Waals surface area contributed by atoms with Gasteiger partial charge in [-0.2, -0.15) is 12.6 Å². The molecule has 2 saturated heterocycles. The lowest BCUT2D eigenvalue weighted by molar-refractivity contribution is -0.141. The second-order valence-corrected chi connectivity index (χ2v) is 5.36. The highest BCUT2D eigenvalue weighted by molar-refractivity contribution is 7.80. The first-order valence-corrected chi connectivity index (χ1v) is 7.12. The number of piperazine rings is 1. The smallest absolute Gasteiger partial charge is 0.246 e. The van der Waals surface area contributed by atoms with E-state index in [1.165, 1.54) is 6.92 Å². The molecule has 106 valence electrons. The standard InChI is InChI=1S/C12H19N3O3S/c1-8(16)13-10(7-19)12(18)14-4-5-15-9(6-14)2-3-11(15)17/h9-10,19H,2-7H2,1H3,(H,13,16). The van der Waals surface area contributed by atoms with Crippen LogP contribution in [0.15, 0.2) is 0 Å². The molecule has 3 amide bonds. The molecule has 2 atom stereocenters. The van der Waals surface area contributed by atoms with Gasteiger partial charge in [0.05, 0.1) is 0 Å². The van der Waals surface area contributed by atoms with Gasteiger partial charge < -0.3 is 15.1 Å². The van der Waals surface area contributed by atoms with E-state index in [0.717, 1.165) is 6.42 Å². The van der Waals surface area contributed by atoms with Crippen LogP contribution in [0.4, 0.5) is 0 Å². The molecule has 6 nitrogen and oxygen atoms in total. The first-order valence-electron chi connectivity index (χ1n) is 6.49. The summed E-state index contributed by atoms with van der Waals surface area (Å²) in [4.78, 5) is 38.5. The highest BCUT2D eigenvalue weighted by Gasteiger charge is 2.38. The lowest BCUT2D eigenvalue weighted by atomic mass is 10.1. The Morgan fingerprint density at radius 2 is 2.21 bits per heavy atom. The molecule has 0 aromatic heterocycles. The fraction of sp³-hybridized carbons (Fsp3) is 0.750. The highest BCUT2D eigenvalue weighted by Crippen LogP contribution is 2.23. The van der Waals surface area contributed by atoms with Gasteiger partial charge in [0.15, 0.2) is 0 Å². The number of amides is 3. The molecule has 19 heavy (non-hydrogen) atoms. The largest absolute Gasteiger partial charge is 0.344 e. The molecule has 2 fully saturated rings. The predicted octanol–water partition coefficient (Wildman–Crippen LogP) is -0.746. The van der Waals surface area contributed by atoms with Gasteiger partial charge in [0, 0.05) is 44.8 Å². The van der Waals surface area contributed by atoms with Crippen LogP contribution in [-0.2, 0) is 14.4 Å². The number of hydrogen-bond acceptors (Lipinski definition) is 4. The number of thiol groups is 1. The van der Waals surface area contributed by atoms with Gasteiger partial charge in [-0.1, -0.05) is 0 Å². The van der Waals surface area contributed by atoms with Gasteiger partial charge in [-0.3, -0.25) is 14.4 Å². The number of rotatable bonds is 3. The zero-order chi connectivity index (χ0) is 14.0. The van der Waals surface area contributed by atoms with Crippen molar-refractivity contribution < 1.29 is 14.4 Å². The minimum Gasteiger partial charge on any atom is -0.344 e. The molecule has 0 radical (unpaired) electrons. The van der Waals surface area contributed by atoms with E-state index in [1.807, 2.05) is 4.90 Å². The molecule has 0 aromatic carbocycles. The number of nitrogens with zero attached hydrogens (tertiary/aromatic N) is 2. The Kier molecular flexibility index (Phi) is 4.34. The molecular weight excluding hydrogens is 266 g/mol. The maximum Gasteiger partial charge on any atom is 0.246 e. The second-order valence-electron chi connectivity index (χ2n) is 5.00. The molecule has 2 aliphatic rings. The van der Waals surface area contributed by atoms with E-state index < -0.39 is 6.04 Å². The zero-order valence-electron chi connectivity index (χ0n) is 11.0. The van der Waals surface area contributed by atoms with Crippen LogP contribution in [0.1, 0.15) is 19.8 Å². The van der Waals surface area contributed by atoms with Crippen LogP contribution in [0, 0.1) is 0 Å². The van der Waals surface area contributed by atoms with E-state index in [2.05, 4.69) is 17.9 Å². The number of carbonyl (C=O) groups is 3. The summed E-state index contributed by atoms with van der Waals surface area (Å²) in [6.45, 7) is 3.07. The molecule has 2 rings (SSSR count). The summed E-state index contributed by atoms with van der Waals surface area (Å²) in [5, 5.41) is 2.61. The van der Waals surface area contributed by atoms with Crippen LogP contribution in [0.5, 0.6) is 0 Å². The Bertz CT molecular complexity index is 402. The third-order valence-electron chi connectivity index (χ3n) is 3.66. The zero-order valence-corrected chi connectivity index (χ0v) is 11.9. The van der Waals surface area contributed by atoms with Gasteiger partial charge in [0.25, 0.3) is 0 Å². The second kappa shape index (κ2) is 5.81. The normalized spacial score (nSPS) is 24.1. The molecule has 0 aromatic rings. The third-order valence-corrected chi connectivity index (χ3v) is 4.03. The molecule has 2 aliphatic heterocycles. The van der Waals surface area contributed by atoms with Crippen LogP contribution in [-0.4, -0.2) is 65.0 Å². The van der Waals surface area contributed by atoms with Crippen molar-refractivity contribution in [1.29, 1.82) is 0 Å². The summed E-state index contributed by atoms with van der Waals surface area (Å²) in [5.74, 6) is 0.123. The summed E-state index contributed by atoms with van der Waals surface area (Å²) in [7, 11) is 0. The monoisotopic (exact) mass is 285 g/mol. The van der Waals surface area contributed by atoms with Gasteiger partial charge >= 0.3 is 0 Å². The molecule has 0 bridgehead atoms. The third kappa shape index (κ3) is 3.02. The van der Waals surface area contributed by atoms with Crippen LogP contribution < -0.4 is 5.32 Å². The molecular formula is C12H19N3O3S. The maximum atomic E-state index is 12.3. The minimum atomic E-state index is -0.579. The van der Waals surface area contributed by atoms with Crippen LogP contribution in [0.25, 0.3) is 0 Å². The van der Waals surface area contributed by atoms with Crippen molar-refractivity contribution in [3.8, 4) is 0 Å². The van der Waals surface area contributed by atoms with E-state index in [-0.39, 0.29) is 29.5 Å². The van der Waals surface area contributed by atoms with Gasteiger partial charge in [-0.15, -0.1) is 0 Å². The summed E-state index contributed by atoms with van der Waals surface area (Å²) >= 11 is 4.11. The SMILES string of the molecule is CC(=O)NC(CS)C(=O)N1CCN2C(=O)CCC2C1. The van der Waals surface area contributed by atoms with E-state index in [4.69, 9.17) is 0 Å². The van der Waals surface area contributed by atoms with Gasteiger partial charge in [0.2, 0.25) is 17.7 Å². The maximum absolute atomic E-state index is 12.3. The number of nitrogens with one attached hydrogen (secondary N) is 1. The first-order chi connectivity index (χ1) is 9.02. The fourth-order valence-corrected chi connectivity index (χ4v) is 2.96. The molecule has 7 heteroatoms. The average molecular weight is 285 g/mol. The van der Waals surface area contributed by atoms with E-state index in [9.17, 15) is 14.4 Å². The summed E-state index contributed by atoms with van der Waals surface area (Å²) in [6, 6.07) is -0.437. The van der Waals surface area contributed by atoms with Crippen molar-refractivity contribution >= 4 is 30.4 Å². The van der Waals surface area contributed by atoms with Crippen molar-refractivity contribution in [3.63, 3.8) is 0 Å². The Morgan fingerprint density at radius 3 is 2.84 bits per heavy atom. The summed E-state index contributed by atoms with van der Waals surface area (Å²) in [6.07, 6.45) is 1.39. The fourth-order valence-electron chi connectivity index (χ4n) is 2.72. The van der Waals surface area contributed by atoms with E-state index in [0.29, 0.717) is 26.1 Å². The molecule has 0 saturated carbocycles. The first kappa shape index (κ1) is 14.2. The molecule has 1 N–H and O–H groups in total. The average Bonchev–Trinajstić information content (AvgIpc) is 2.76. The van der Waals surface area contributed by atoms with E-state index in [1.54, 1.807) is 4.90 Å². The number of fused-ring (bicyclic) bond motifs is 1. The molecule has 0 aliphatic carbocycles. The van der Waals surface area contributed by atoms with Gasteiger partial charge in [0.1, 0.15) is 6.04 Å². The Hall–Kier alpha value is -1.24. The molecule has 2 unspecified atom stereocenters. The Balaban J connectivity index is 1.97. The van der Waals surface area contributed by atoms with Gasteiger partial charge in [-0.05, 0) is 6.42 Å². The van der Waals surface area contributed by atoms with E-state index >= 15 is 0 Å². The summed E-state index contributed by atoms with van der Waals surface area (Å²) in [5.41, 5.74) is 0. The van der Waals surface area contributed by atoms with Crippen molar-refractivity contribution in [2.24, 2.45) is 0 Å². The Morgan fingerprint density at radius 1 is 1.47 bits per heavy atom. The summed E-state index contributed by atoms with van der Waals surface area (Å²) < 4.78 is 0. The van der Waals surface area contributed by atoms with Crippen molar-refractivity contribution in [1.82, 2.24) is 15.1 Å². The van der Waals surface area contributed by atoms with Crippen LogP contribution >= 0.6 is 12.6 Å². The minimum absolute atomic E-state index is 0.107.